The number of carbonyl (C=O) groups is 2. The van der Waals surface area contributed by atoms with Gasteiger partial charge in [-0.25, -0.2) is 8.78 Å². The van der Waals surface area contributed by atoms with Gasteiger partial charge in [-0.2, -0.15) is 0 Å². The molecule has 234 valence electrons. The first kappa shape index (κ1) is 30.2. The minimum Gasteiger partial charge on any atom is -0.493 e. The van der Waals surface area contributed by atoms with E-state index in [1.807, 2.05) is 0 Å². The first-order valence-corrected chi connectivity index (χ1v) is 14.6. The standard InChI is InChI=1S/C33H32F2N4O6/c1-42-29-19-24-26(20-30(29)44-17-14-39-12-15-43-16-13-39)36-11-8-27(24)45-28-7-6-23(18-25(28)35)38-32(41)33(9-10-33)31(40)37-22-4-2-21(34)3-5-22/h2-8,11,18-20H,9-10,12-17H2,1H3,(H,37,40)(H,38,41). The molecule has 1 aliphatic carbocycles. The van der Waals surface area contributed by atoms with Gasteiger partial charge in [0.1, 0.15) is 23.6 Å². The van der Waals surface area contributed by atoms with Crippen LogP contribution in [0.1, 0.15) is 12.8 Å². The van der Waals surface area contributed by atoms with E-state index in [1.165, 1.54) is 43.5 Å². The molecule has 4 aromatic rings. The second-order valence-electron chi connectivity index (χ2n) is 10.9. The van der Waals surface area contributed by atoms with Crippen LogP contribution >= 0.6 is 0 Å². The molecule has 0 spiro atoms. The van der Waals surface area contributed by atoms with Gasteiger partial charge in [0, 0.05) is 54.7 Å². The van der Waals surface area contributed by atoms with Crippen LogP contribution in [0.2, 0.25) is 0 Å². The number of morpholine rings is 1. The molecule has 0 bridgehead atoms. The Hall–Kier alpha value is -4.81. The molecule has 0 radical (unpaired) electrons. The predicted molar refractivity (Wildman–Crippen MR) is 163 cm³/mol. The minimum atomic E-state index is -1.28. The number of fused-ring (bicyclic) bond motifs is 1. The van der Waals surface area contributed by atoms with Crippen LogP contribution in [0.5, 0.6) is 23.0 Å². The summed E-state index contributed by atoms with van der Waals surface area (Å²) in [7, 11) is 1.54. The monoisotopic (exact) mass is 618 g/mol. The van der Waals surface area contributed by atoms with E-state index in [1.54, 1.807) is 24.4 Å². The average molecular weight is 619 g/mol. The summed E-state index contributed by atoms with van der Waals surface area (Å²) < 4.78 is 51.3. The van der Waals surface area contributed by atoms with Crippen LogP contribution in [-0.4, -0.2) is 68.3 Å². The molecule has 1 aromatic heterocycles. The van der Waals surface area contributed by atoms with Gasteiger partial charge < -0.3 is 29.6 Å². The van der Waals surface area contributed by atoms with Crippen molar-refractivity contribution in [3.05, 3.63) is 78.5 Å². The number of benzene rings is 3. The molecular weight excluding hydrogens is 586 g/mol. The van der Waals surface area contributed by atoms with E-state index in [4.69, 9.17) is 18.9 Å². The lowest BCUT2D eigenvalue weighted by atomic mass is 10.0. The highest BCUT2D eigenvalue weighted by Gasteiger charge is 2.56. The molecule has 2 heterocycles. The Morgan fingerprint density at radius 2 is 1.60 bits per heavy atom. The highest BCUT2D eigenvalue weighted by Crippen LogP contribution is 2.47. The second-order valence-corrected chi connectivity index (χ2v) is 10.9. The van der Waals surface area contributed by atoms with Gasteiger partial charge in [0.2, 0.25) is 11.8 Å². The Labute approximate surface area is 258 Å². The predicted octanol–water partition coefficient (Wildman–Crippen LogP) is 5.38. The zero-order valence-electron chi connectivity index (χ0n) is 24.6. The summed E-state index contributed by atoms with van der Waals surface area (Å²) in [5.41, 5.74) is -0.152. The van der Waals surface area contributed by atoms with E-state index in [0.717, 1.165) is 25.7 Å². The van der Waals surface area contributed by atoms with Crippen molar-refractivity contribution in [2.45, 2.75) is 12.8 Å². The molecule has 2 N–H and O–H groups in total. The molecule has 1 saturated carbocycles. The third-order valence-electron chi connectivity index (χ3n) is 7.89. The summed E-state index contributed by atoms with van der Waals surface area (Å²) in [6.07, 6.45) is 2.24. The number of rotatable bonds is 11. The zero-order chi connectivity index (χ0) is 31.4. The van der Waals surface area contributed by atoms with E-state index in [9.17, 15) is 14.0 Å². The average Bonchev–Trinajstić information content (AvgIpc) is 3.86. The van der Waals surface area contributed by atoms with Crippen LogP contribution in [0.3, 0.4) is 0 Å². The maximum Gasteiger partial charge on any atom is 0.240 e. The summed E-state index contributed by atoms with van der Waals surface area (Å²) in [6.45, 7) is 4.36. The van der Waals surface area contributed by atoms with Crippen molar-refractivity contribution in [2.24, 2.45) is 5.41 Å². The Morgan fingerprint density at radius 1 is 0.889 bits per heavy atom. The van der Waals surface area contributed by atoms with Gasteiger partial charge in [-0.15, -0.1) is 0 Å². The number of hydrogen-bond donors (Lipinski definition) is 2. The van der Waals surface area contributed by atoms with Gasteiger partial charge in [-0.1, -0.05) is 0 Å². The van der Waals surface area contributed by atoms with Crippen molar-refractivity contribution in [1.29, 1.82) is 0 Å². The molecule has 2 amide bonds. The van der Waals surface area contributed by atoms with Crippen LogP contribution in [0.15, 0.2) is 66.9 Å². The Balaban J connectivity index is 1.12. The first-order chi connectivity index (χ1) is 21.8. The summed E-state index contributed by atoms with van der Waals surface area (Å²) in [5, 5.41) is 5.88. The number of anilines is 2. The number of pyridine rings is 1. The fourth-order valence-electron chi connectivity index (χ4n) is 5.10. The maximum atomic E-state index is 15.2. The van der Waals surface area contributed by atoms with Crippen molar-refractivity contribution in [3.8, 4) is 23.0 Å². The molecule has 3 aromatic carbocycles. The Kier molecular flexibility index (Phi) is 8.76. The Bertz CT molecular complexity index is 1710. The number of amides is 2. The van der Waals surface area contributed by atoms with Gasteiger partial charge in [-0.3, -0.25) is 19.5 Å². The number of aromatic nitrogens is 1. The molecule has 10 nitrogen and oxygen atoms in total. The van der Waals surface area contributed by atoms with Gasteiger partial charge >= 0.3 is 0 Å². The van der Waals surface area contributed by atoms with Crippen LogP contribution in [-0.2, 0) is 14.3 Å². The molecular formula is C33H32F2N4O6. The van der Waals surface area contributed by atoms with Gasteiger partial charge in [0.15, 0.2) is 23.1 Å². The quantitative estimate of drug-likeness (QED) is 0.216. The van der Waals surface area contributed by atoms with Crippen LogP contribution in [0, 0.1) is 17.0 Å². The Morgan fingerprint density at radius 3 is 2.29 bits per heavy atom. The van der Waals surface area contributed by atoms with Crippen molar-refractivity contribution in [1.82, 2.24) is 9.88 Å². The fraction of sp³-hybridized carbons (Fsp3) is 0.303. The summed E-state index contributed by atoms with van der Waals surface area (Å²) in [4.78, 5) is 32.6. The third-order valence-corrected chi connectivity index (χ3v) is 7.89. The molecule has 45 heavy (non-hydrogen) atoms. The summed E-state index contributed by atoms with van der Waals surface area (Å²) in [6, 6.07) is 14.4. The minimum absolute atomic E-state index is 0.0690. The lowest BCUT2D eigenvalue weighted by Gasteiger charge is -2.26. The largest absolute Gasteiger partial charge is 0.493 e. The molecule has 1 aliphatic heterocycles. The zero-order valence-corrected chi connectivity index (χ0v) is 24.6. The molecule has 6 rings (SSSR count). The van der Waals surface area contributed by atoms with Crippen molar-refractivity contribution < 1.29 is 37.3 Å². The lowest BCUT2D eigenvalue weighted by Crippen LogP contribution is -2.38. The third kappa shape index (κ3) is 6.81. The van der Waals surface area contributed by atoms with Crippen molar-refractivity contribution in [3.63, 3.8) is 0 Å². The van der Waals surface area contributed by atoms with Gasteiger partial charge in [-0.05, 0) is 61.4 Å². The topological polar surface area (TPSA) is 111 Å². The van der Waals surface area contributed by atoms with E-state index >= 15 is 4.39 Å². The number of halogens is 2. The van der Waals surface area contributed by atoms with E-state index in [0.29, 0.717) is 66.5 Å². The second kappa shape index (κ2) is 13.0. The first-order valence-electron chi connectivity index (χ1n) is 14.6. The molecule has 1 saturated heterocycles. The smallest absolute Gasteiger partial charge is 0.240 e. The normalized spacial score (nSPS) is 15.7. The number of methoxy groups -OCH3 is 1. The molecule has 0 atom stereocenters. The molecule has 12 heteroatoms. The van der Waals surface area contributed by atoms with Gasteiger partial charge in [0.05, 0.1) is 25.8 Å². The van der Waals surface area contributed by atoms with E-state index in [2.05, 4.69) is 20.5 Å². The SMILES string of the molecule is COc1cc2c(Oc3ccc(NC(=O)C4(C(=O)Nc5ccc(F)cc5)CC4)cc3F)ccnc2cc1OCCN1CCOCC1. The lowest BCUT2D eigenvalue weighted by molar-refractivity contribution is -0.131. The van der Waals surface area contributed by atoms with Crippen LogP contribution in [0.25, 0.3) is 10.9 Å². The number of nitrogens with zero attached hydrogens (tertiary/aromatic N) is 2. The van der Waals surface area contributed by atoms with E-state index < -0.39 is 28.9 Å². The fourth-order valence-corrected chi connectivity index (χ4v) is 5.10. The number of carbonyl (C=O) groups excluding carboxylic acids is 2. The highest BCUT2D eigenvalue weighted by atomic mass is 19.1. The van der Waals surface area contributed by atoms with Gasteiger partial charge in [0.25, 0.3) is 0 Å². The van der Waals surface area contributed by atoms with Crippen molar-refractivity contribution >= 4 is 34.1 Å². The number of ether oxygens (including phenoxy) is 4. The van der Waals surface area contributed by atoms with Crippen LogP contribution in [0.4, 0.5) is 20.2 Å². The molecule has 0 unspecified atom stereocenters. The molecule has 2 fully saturated rings. The summed E-state index contributed by atoms with van der Waals surface area (Å²) in [5.74, 6) is -0.903. The summed E-state index contributed by atoms with van der Waals surface area (Å²) >= 11 is 0. The van der Waals surface area contributed by atoms with Crippen molar-refractivity contribution in [2.75, 3.05) is 57.2 Å². The highest BCUT2D eigenvalue weighted by molar-refractivity contribution is 6.16. The number of nitrogens with one attached hydrogen (secondary N) is 2. The molecule has 2 aliphatic rings. The number of hydrogen-bond acceptors (Lipinski definition) is 8. The van der Waals surface area contributed by atoms with E-state index in [-0.39, 0.29) is 11.4 Å². The maximum absolute atomic E-state index is 15.2. The van der Waals surface area contributed by atoms with Crippen LogP contribution < -0.4 is 24.8 Å².